The van der Waals surface area contributed by atoms with Crippen LogP contribution in [-0.2, 0) is 4.79 Å². The number of carbonyl (C=O) groups is 2. The van der Waals surface area contributed by atoms with Crippen LogP contribution in [0.1, 0.15) is 114 Å². The largest absolute Gasteiger partial charge is 0.451 e. The van der Waals surface area contributed by atoms with Crippen molar-refractivity contribution >= 4 is 22.7 Å². The van der Waals surface area contributed by atoms with Gasteiger partial charge in [-0.05, 0) is 25.5 Å². The Bertz CT molecular complexity index is 793. The number of benzene rings is 1. The molecule has 33 heavy (non-hydrogen) atoms. The van der Waals surface area contributed by atoms with Crippen molar-refractivity contribution in [2.45, 2.75) is 116 Å². The fourth-order valence-corrected chi connectivity index (χ4v) is 4.25. The van der Waals surface area contributed by atoms with Gasteiger partial charge in [-0.2, -0.15) is 0 Å². The summed E-state index contributed by atoms with van der Waals surface area (Å²) in [6.07, 6.45) is 15.7. The van der Waals surface area contributed by atoms with Crippen molar-refractivity contribution < 1.29 is 19.1 Å². The predicted molar refractivity (Wildman–Crippen MR) is 134 cm³/mol. The second-order valence-corrected chi connectivity index (χ2v) is 9.30. The van der Waals surface area contributed by atoms with Crippen molar-refractivity contribution in [1.82, 2.24) is 5.32 Å². The number of ketones is 1. The van der Waals surface area contributed by atoms with E-state index in [-0.39, 0.29) is 11.5 Å². The molecule has 0 spiro atoms. The standard InChI is InChI=1S/C28H43NO4/c1-3-4-5-6-7-8-9-10-11-12-13-14-15-19-24(31)27(22(2)30)29-28(32)26-21-23-18-16-17-20-25(23)33-26/h16-18,20-22,27,30H,3-15,19H2,1-2H3,(H,29,32)/t22-,27+/m1/s1. The molecule has 0 saturated heterocycles. The number of unbranched alkanes of at least 4 members (excludes halogenated alkanes) is 12. The van der Waals surface area contributed by atoms with Crippen LogP contribution in [0, 0.1) is 0 Å². The van der Waals surface area contributed by atoms with Gasteiger partial charge in [0.05, 0.1) is 6.10 Å². The maximum atomic E-state index is 12.6. The molecule has 1 heterocycles. The van der Waals surface area contributed by atoms with Crippen LogP contribution in [-0.4, -0.2) is 28.9 Å². The topological polar surface area (TPSA) is 79.5 Å². The monoisotopic (exact) mass is 457 g/mol. The molecule has 2 N–H and O–H groups in total. The van der Waals surface area contributed by atoms with Gasteiger partial charge in [0.1, 0.15) is 11.6 Å². The first-order chi connectivity index (χ1) is 16.0. The summed E-state index contributed by atoms with van der Waals surface area (Å²) in [6.45, 7) is 3.79. The van der Waals surface area contributed by atoms with E-state index < -0.39 is 18.1 Å². The van der Waals surface area contributed by atoms with E-state index in [1.165, 1.54) is 71.1 Å². The molecule has 0 aliphatic heterocycles. The lowest BCUT2D eigenvalue weighted by atomic mass is 10.00. The summed E-state index contributed by atoms with van der Waals surface area (Å²) >= 11 is 0. The molecule has 0 fully saturated rings. The first kappa shape index (κ1) is 27.1. The van der Waals surface area contributed by atoms with Crippen molar-refractivity contribution in [3.63, 3.8) is 0 Å². The van der Waals surface area contributed by atoms with Crippen LogP contribution in [0.15, 0.2) is 34.7 Å². The van der Waals surface area contributed by atoms with Crippen LogP contribution in [0.2, 0.25) is 0 Å². The summed E-state index contributed by atoms with van der Waals surface area (Å²) in [6, 6.07) is 8.10. The van der Waals surface area contributed by atoms with Gasteiger partial charge in [-0.15, -0.1) is 0 Å². The Labute approximate surface area is 199 Å². The van der Waals surface area contributed by atoms with Gasteiger partial charge in [0.25, 0.3) is 5.91 Å². The van der Waals surface area contributed by atoms with Gasteiger partial charge in [0.2, 0.25) is 0 Å². The van der Waals surface area contributed by atoms with Gasteiger partial charge in [0, 0.05) is 11.8 Å². The summed E-state index contributed by atoms with van der Waals surface area (Å²) in [4.78, 5) is 25.2. The molecule has 184 valence electrons. The molecule has 0 aliphatic carbocycles. The molecule has 0 unspecified atom stereocenters. The van der Waals surface area contributed by atoms with Crippen molar-refractivity contribution in [3.8, 4) is 0 Å². The van der Waals surface area contributed by atoms with Crippen LogP contribution in [0.5, 0.6) is 0 Å². The fraction of sp³-hybridized carbons (Fsp3) is 0.643. The highest BCUT2D eigenvalue weighted by Gasteiger charge is 2.26. The third-order valence-corrected chi connectivity index (χ3v) is 6.29. The molecular weight excluding hydrogens is 414 g/mol. The zero-order chi connectivity index (χ0) is 23.9. The Balaban J connectivity index is 1.59. The first-order valence-corrected chi connectivity index (χ1v) is 13.0. The third kappa shape index (κ3) is 10.1. The normalized spacial score (nSPS) is 13.2. The number of rotatable bonds is 18. The Morgan fingerprint density at radius 3 is 1.97 bits per heavy atom. The van der Waals surface area contributed by atoms with Crippen molar-refractivity contribution in [2.24, 2.45) is 0 Å². The first-order valence-electron chi connectivity index (χ1n) is 13.0. The number of amides is 1. The fourth-order valence-electron chi connectivity index (χ4n) is 4.25. The summed E-state index contributed by atoms with van der Waals surface area (Å²) in [7, 11) is 0. The molecule has 0 saturated carbocycles. The van der Waals surface area contributed by atoms with E-state index in [9.17, 15) is 14.7 Å². The van der Waals surface area contributed by atoms with E-state index >= 15 is 0 Å². The molecule has 0 radical (unpaired) electrons. The lowest BCUT2D eigenvalue weighted by Gasteiger charge is -2.19. The summed E-state index contributed by atoms with van der Waals surface area (Å²) in [5.74, 6) is -0.455. The van der Waals surface area contributed by atoms with E-state index in [0.29, 0.717) is 12.0 Å². The van der Waals surface area contributed by atoms with Crippen LogP contribution in [0.3, 0.4) is 0 Å². The Kier molecular flexibility index (Phi) is 12.9. The zero-order valence-corrected chi connectivity index (χ0v) is 20.6. The molecule has 1 amide bonds. The van der Waals surface area contributed by atoms with E-state index in [1.807, 2.05) is 18.2 Å². The number of Topliss-reactive ketones (excluding diaryl/α,β-unsaturated/α-hetero) is 1. The van der Waals surface area contributed by atoms with E-state index in [2.05, 4.69) is 12.2 Å². The average molecular weight is 458 g/mol. The van der Waals surface area contributed by atoms with Crippen molar-refractivity contribution in [1.29, 1.82) is 0 Å². The summed E-state index contributed by atoms with van der Waals surface area (Å²) < 4.78 is 5.57. The zero-order valence-electron chi connectivity index (χ0n) is 20.6. The minimum absolute atomic E-state index is 0.127. The van der Waals surface area contributed by atoms with Gasteiger partial charge in [-0.3, -0.25) is 9.59 Å². The number of aliphatic hydroxyl groups is 1. The summed E-state index contributed by atoms with van der Waals surface area (Å²) in [5.41, 5.74) is 0.620. The molecule has 2 aromatic rings. The smallest absolute Gasteiger partial charge is 0.287 e. The Morgan fingerprint density at radius 1 is 0.879 bits per heavy atom. The highest BCUT2D eigenvalue weighted by Crippen LogP contribution is 2.19. The third-order valence-electron chi connectivity index (χ3n) is 6.29. The molecule has 5 nitrogen and oxygen atoms in total. The van der Waals surface area contributed by atoms with Crippen LogP contribution >= 0.6 is 0 Å². The van der Waals surface area contributed by atoms with Gasteiger partial charge in [0.15, 0.2) is 11.5 Å². The Hall–Kier alpha value is -2.14. The highest BCUT2D eigenvalue weighted by molar-refractivity contribution is 5.99. The molecule has 2 rings (SSSR count). The Morgan fingerprint density at radius 2 is 1.42 bits per heavy atom. The molecule has 0 bridgehead atoms. The SMILES string of the molecule is CCCCCCCCCCCCCCCC(=O)[C@@H](NC(=O)c1cc2ccccc2o1)[C@@H](C)O. The number of aliphatic hydroxyl groups excluding tert-OH is 1. The van der Waals surface area contributed by atoms with E-state index in [0.717, 1.165) is 24.6 Å². The minimum Gasteiger partial charge on any atom is -0.451 e. The van der Waals surface area contributed by atoms with Gasteiger partial charge in [-0.25, -0.2) is 0 Å². The number of carbonyl (C=O) groups excluding carboxylic acids is 2. The number of para-hydroxylation sites is 1. The number of hydrogen-bond acceptors (Lipinski definition) is 4. The number of furan rings is 1. The number of hydrogen-bond donors (Lipinski definition) is 2. The molecule has 1 aromatic heterocycles. The van der Waals surface area contributed by atoms with Gasteiger partial charge >= 0.3 is 0 Å². The van der Waals surface area contributed by atoms with Crippen molar-refractivity contribution in [2.75, 3.05) is 0 Å². The molecule has 1 aromatic carbocycles. The average Bonchev–Trinajstić information content (AvgIpc) is 3.24. The number of fused-ring (bicyclic) bond motifs is 1. The van der Waals surface area contributed by atoms with Crippen molar-refractivity contribution in [3.05, 3.63) is 36.1 Å². The molecular formula is C28H43NO4. The van der Waals surface area contributed by atoms with E-state index in [4.69, 9.17) is 4.42 Å². The lowest BCUT2D eigenvalue weighted by molar-refractivity contribution is -0.123. The van der Waals surface area contributed by atoms with E-state index in [1.54, 1.807) is 12.1 Å². The maximum absolute atomic E-state index is 12.6. The van der Waals surface area contributed by atoms with Crippen LogP contribution in [0.25, 0.3) is 11.0 Å². The highest BCUT2D eigenvalue weighted by atomic mass is 16.3. The van der Waals surface area contributed by atoms with Crippen LogP contribution in [0.4, 0.5) is 0 Å². The maximum Gasteiger partial charge on any atom is 0.287 e. The molecule has 0 aliphatic rings. The van der Waals surface area contributed by atoms with Gasteiger partial charge in [-0.1, -0.05) is 102 Å². The lowest BCUT2D eigenvalue weighted by Crippen LogP contribution is -2.47. The quantitative estimate of drug-likeness (QED) is 0.237. The molecule has 2 atom stereocenters. The molecule has 5 heteroatoms. The number of nitrogens with one attached hydrogen (secondary N) is 1. The summed E-state index contributed by atoms with van der Waals surface area (Å²) in [5, 5.41) is 13.5. The second-order valence-electron chi connectivity index (χ2n) is 9.30. The van der Waals surface area contributed by atoms with Gasteiger partial charge < -0.3 is 14.8 Å². The minimum atomic E-state index is -0.951. The van der Waals surface area contributed by atoms with Crippen LogP contribution < -0.4 is 5.32 Å². The second kappa shape index (κ2) is 15.7. The predicted octanol–water partition coefficient (Wildman–Crippen LogP) is 6.96.